The molecule has 0 saturated carbocycles. The van der Waals surface area contributed by atoms with Crippen LogP contribution in [0.2, 0.25) is 0 Å². The van der Waals surface area contributed by atoms with Gasteiger partial charge in [0.25, 0.3) is 0 Å². The van der Waals surface area contributed by atoms with Crippen molar-refractivity contribution in [1.82, 2.24) is 0 Å². The fourth-order valence-electron chi connectivity index (χ4n) is 2.01. The van der Waals surface area contributed by atoms with Crippen LogP contribution in [0.4, 0.5) is 5.69 Å². The van der Waals surface area contributed by atoms with Crippen LogP contribution in [0.25, 0.3) is 0 Å². The molecule has 1 aliphatic rings. The van der Waals surface area contributed by atoms with Gasteiger partial charge in [-0.25, -0.2) is 4.79 Å². The van der Waals surface area contributed by atoms with E-state index in [1.807, 2.05) is 6.07 Å². The molecule has 3 heteroatoms. The fourth-order valence-corrected chi connectivity index (χ4v) is 2.01. The zero-order valence-corrected chi connectivity index (χ0v) is 9.03. The van der Waals surface area contributed by atoms with Crippen molar-refractivity contribution in [3.63, 3.8) is 0 Å². The highest BCUT2D eigenvalue weighted by Gasteiger charge is 2.34. The summed E-state index contributed by atoms with van der Waals surface area (Å²) in [7, 11) is 0. The summed E-state index contributed by atoms with van der Waals surface area (Å²) in [6.07, 6.45) is 0. The minimum atomic E-state index is -0.864. The predicted molar refractivity (Wildman–Crippen MR) is 59.4 cm³/mol. The van der Waals surface area contributed by atoms with E-state index in [-0.39, 0.29) is 0 Å². The van der Waals surface area contributed by atoms with Crippen molar-refractivity contribution in [2.75, 3.05) is 18.0 Å². The molecule has 0 aliphatic carbocycles. The molecule has 0 unspecified atom stereocenters. The van der Waals surface area contributed by atoms with Gasteiger partial charge in [-0.1, -0.05) is 19.9 Å². The van der Waals surface area contributed by atoms with E-state index in [1.54, 1.807) is 18.2 Å². The molecule has 0 aromatic heterocycles. The summed E-state index contributed by atoms with van der Waals surface area (Å²) in [5, 5.41) is 8.87. The minimum Gasteiger partial charge on any atom is -0.478 e. The molecule has 1 N–H and O–H groups in total. The van der Waals surface area contributed by atoms with Crippen molar-refractivity contribution in [1.29, 1.82) is 0 Å². The number of aromatic carboxylic acids is 1. The normalized spacial score (nSPS) is 18.4. The molecule has 1 saturated heterocycles. The fraction of sp³-hybridized carbons (Fsp3) is 0.417. The zero-order valence-electron chi connectivity index (χ0n) is 9.03. The summed E-state index contributed by atoms with van der Waals surface area (Å²) in [4.78, 5) is 13.0. The van der Waals surface area contributed by atoms with E-state index in [1.165, 1.54) is 0 Å². The average Bonchev–Trinajstić information content (AvgIpc) is 2.14. The Morgan fingerprint density at radius 2 is 2.07 bits per heavy atom. The second-order valence-corrected chi connectivity index (χ2v) is 4.88. The quantitative estimate of drug-likeness (QED) is 0.804. The molecular weight excluding hydrogens is 190 g/mol. The largest absolute Gasteiger partial charge is 0.478 e. The first-order chi connectivity index (χ1) is 6.98. The summed E-state index contributed by atoms with van der Waals surface area (Å²) in [6.45, 7) is 6.42. The molecule has 1 aromatic carbocycles. The first kappa shape index (κ1) is 10.0. The summed E-state index contributed by atoms with van der Waals surface area (Å²) in [6, 6.07) is 7.11. The van der Waals surface area contributed by atoms with E-state index in [2.05, 4.69) is 18.7 Å². The van der Waals surface area contributed by atoms with Gasteiger partial charge in [-0.15, -0.1) is 0 Å². The highest BCUT2D eigenvalue weighted by molar-refractivity contribution is 5.88. The SMILES string of the molecule is CC1(C)CN(c2cccc(C(=O)O)c2)C1. The van der Waals surface area contributed by atoms with Crippen molar-refractivity contribution in [2.24, 2.45) is 5.41 Å². The first-order valence-electron chi connectivity index (χ1n) is 5.06. The van der Waals surface area contributed by atoms with Gasteiger partial charge in [0.15, 0.2) is 0 Å². The monoisotopic (exact) mass is 205 g/mol. The molecule has 15 heavy (non-hydrogen) atoms. The molecule has 3 nitrogen and oxygen atoms in total. The van der Waals surface area contributed by atoms with Gasteiger partial charge in [-0.3, -0.25) is 0 Å². The van der Waals surface area contributed by atoms with Gasteiger partial charge in [0.2, 0.25) is 0 Å². The Morgan fingerprint density at radius 1 is 1.40 bits per heavy atom. The van der Waals surface area contributed by atoms with Crippen LogP contribution < -0.4 is 4.90 Å². The van der Waals surface area contributed by atoms with Crippen LogP contribution in [-0.4, -0.2) is 24.2 Å². The van der Waals surface area contributed by atoms with Gasteiger partial charge in [0.1, 0.15) is 0 Å². The molecule has 0 amide bonds. The third-order valence-corrected chi connectivity index (χ3v) is 2.70. The van der Waals surface area contributed by atoms with E-state index >= 15 is 0 Å². The highest BCUT2D eigenvalue weighted by Crippen LogP contribution is 2.33. The van der Waals surface area contributed by atoms with Crippen molar-refractivity contribution >= 4 is 11.7 Å². The third-order valence-electron chi connectivity index (χ3n) is 2.70. The van der Waals surface area contributed by atoms with Gasteiger partial charge in [-0.05, 0) is 23.6 Å². The topological polar surface area (TPSA) is 40.5 Å². The minimum absolute atomic E-state index is 0.359. The molecule has 80 valence electrons. The Bertz CT molecular complexity index is 390. The number of rotatable bonds is 2. The zero-order chi connectivity index (χ0) is 11.1. The Kier molecular flexibility index (Phi) is 2.18. The second kappa shape index (κ2) is 3.26. The Morgan fingerprint density at radius 3 is 2.60 bits per heavy atom. The maximum Gasteiger partial charge on any atom is 0.335 e. The predicted octanol–water partition coefficient (Wildman–Crippen LogP) is 2.23. The van der Waals surface area contributed by atoms with Crippen molar-refractivity contribution in [3.05, 3.63) is 29.8 Å². The number of nitrogens with zero attached hydrogens (tertiary/aromatic N) is 1. The van der Waals surface area contributed by atoms with Crippen LogP contribution in [0.1, 0.15) is 24.2 Å². The molecule has 0 bridgehead atoms. The number of anilines is 1. The van der Waals surface area contributed by atoms with Crippen molar-refractivity contribution < 1.29 is 9.90 Å². The van der Waals surface area contributed by atoms with E-state index in [0.29, 0.717) is 11.0 Å². The molecular formula is C12H15NO2. The lowest BCUT2D eigenvalue weighted by molar-refractivity contribution is 0.0697. The van der Waals surface area contributed by atoms with Crippen LogP contribution >= 0.6 is 0 Å². The second-order valence-electron chi connectivity index (χ2n) is 4.88. The van der Waals surface area contributed by atoms with Gasteiger partial charge in [0.05, 0.1) is 5.56 Å². The molecule has 0 spiro atoms. The molecule has 1 aromatic rings. The number of hydrogen-bond acceptors (Lipinski definition) is 2. The van der Waals surface area contributed by atoms with Gasteiger partial charge in [0, 0.05) is 18.8 Å². The van der Waals surface area contributed by atoms with Gasteiger partial charge < -0.3 is 10.0 Å². The first-order valence-corrected chi connectivity index (χ1v) is 5.06. The van der Waals surface area contributed by atoms with Crippen LogP contribution in [0.3, 0.4) is 0 Å². The maximum absolute atomic E-state index is 10.8. The van der Waals surface area contributed by atoms with E-state index in [9.17, 15) is 4.79 Å². The van der Waals surface area contributed by atoms with E-state index in [0.717, 1.165) is 18.8 Å². The van der Waals surface area contributed by atoms with Crippen LogP contribution in [0.15, 0.2) is 24.3 Å². The number of carboxylic acids is 1. The van der Waals surface area contributed by atoms with E-state index in [4.69, 9.17) is 5.11 Å². The molecule has 1 fully saturated rings. The third kappa shape index (κ3) is 1.96. The Balaban J connectivity index is 2.17. The lowest BCUT2D eigenvalue weighted by atomic mass is 9.84. The Labute approximate surface area is 89.3 Å². The summed E-state index contributed by atoms with van der Waals surface area (Å²) >= 11 is 0. The van der Waals surface area contributed by atoms with Gasteiger partial charge >= 0.3 is 5.97 Å². The smallest absolute Gasteiger partial charge is 0.335 e. The summed E-state index contributed by atoms with van der Waals surface area (Å²) < 4.78 is 0. The number of hydrogen-bond donors (Lipinski definition) is 1. The summed E-state index contributed by atoms with van der Waals surface area (Å²) in [5.74, 6) is -0.864. The van der Waals surface area contributed by atoms with Crippen LogP contribution in [0.5, 0.6) is 0 Å². The number of carbonyl (C=O) groups is 1. The number of carboxylic acid groups (broad SMARTS) is 1. The van der Waals surface area contributed by atoms with Crippen molar-refractivity contribution in [2.45, 2.75) is 13.8 Å². The van der Waals surface area contributed by atoms with Crippen LogP contribution in [0, 0.1) is 5.41 Å². The maximum atomic E-state index is 10.8. The lowest BCUT2D eigenvalue weighted by Gasteiger charge is -2.47. The van der Waals surface area contributed by atoms with E-state index < -0.39 is 5.97 Å². The van der Waals surface area contributed by atoms with Crippen molar-refractivity contribution in [3.8, 4) is 0 Å². The van der Waals surface area contributed by atoms with Crippen LogP contribution in [-0.2, 0) is 0 Å². The average molecular weight is 205 g/mol. The molecule has 0 atom stereocenters. The van der Waals surface area contributed by atoms with Gasteiger partial charge in [-0.2, -0.15) is 0 Å². The Hall–Kier alpha value is -1.51. The molecule has 0 radical (unpaired) electrons. The highest BCUT2D eigenvalue weighted by atomic mass is 16.4. The molecule has 1 heterocycles. The number of benzene rings is 1. The molecule has 2 rings (SSSR count). The lowest BCUT2D eigenvalue weighted by Crippen LogP contribution is -2.53. The standard InChI is InChI=1S/C12H15NO2/c1-12(2)7-13(8-12)10-5-3-4-9(6-10)11(14)15/h3-6H,7-8H2,1-2H3,(H,14,15). The summed E-state index contributed by atoms with van der Waals surface area (Å²) in [5.41, 5.74) is 1.73. The molecule has 1 aliphatic heterocycles.